The van der Waals surface area contributed by atoms with Crippen LogP contribution in [0.2, 0.25) is 0 Å². The number of hydrogen-bond donors (Lipinski definition) is 3. The summed E-state index contributed by atoms with van der Waals surface area (Å²) in [6.45, 7) is 6.77. The Hall–Kier alpha value is -3.06. The van der Waals surface area contributed by atoms with Crippen molar-refractivity contribution in [3.8, 4) is 5.75 Å². The van der Waals surface area contributed by atoms with E-state index in [-0.39, 0.29) is 11.9 Å². The third-order valence-electron chi connectivity index (χ3n) is 5.57. The van der Waals surface area contributed by atoms with Crippen LogP contribution in [0.25, 0.3) is 0 Å². The van der Waals surface area contributed by atoms with Crippen LogP contribution < -0.4 is 20.7 Å². The van der Waals surface area contributed by atoms with E-state index in [9.17, 15) is 4.79 Å². The van der Waals surface area contributed by atoms with Crippen molar-refractivity contribution in [3.63, 3.8) is 0 Å². The van der Waals surface area contributed by atoms with Crippen LogP contribution in [0.15, 0.2) is 59.6 Å². The topological polar surface area (TPSA) is 78.0 Å². The number of carbonyl (C=O) groups is 1. The van der Waals surface area contributed by atoms with E-state index in [2.05, 4.69) is 33.0 Å². The summed E-state index contributed by atoms with van der Waals surface area (Å²) in [7, 11) is 1.70. The van der Waals surface area contributed by atoms with Gasteiger partial charge >= 0.3 is 0 Å². The number of aliphatic imine (C=N–C) groups is 1. The number of nitrogens with one attached hydrogen (secondary N) is 3. The Morgan fingerprint density at radius 3 is 2.50 bits per heavy atom. The number of hydrogen-bond acceptors (Lipinski definition) is 4. The molecule has 3 rings (SSSR count). The van der Waals surface area contributed by atoms with E-state index in [4.69, 9.17) is 9.73 Å². The second-order valence-corrected chi connectivity index (χ2v) is 7.80. The van der Waals surface area contributed by atoms with E-state index in [0.717, 1.165) is 31.3 Å². The van der Waals surface area contributed by atoms with Crippen molar-refractivity contribution in [1.82, 2.24) is 20.9 Å². The fourth-order valence-corrected chi connectivity index (χ4v) is 3.90. The molecule has 172 valence electrons. The van der Waals surface area contributed by atoms with Gasteiger partial charge in [-0.15, -0.1) is 0 Å². The van der Waals surface area contributed by atoms with Crippen molar-refractivity contribution < 1.29 is 9.53 Å². The molecule has 7 heteroatoms. The van der Waals surface area contributed by atoms with Crippen molar-refractivity contribution in [3.05, 3.63) is 65.7 Å². The molecule has 1 heterocycles. The third kappa shape index (κ3) is 6.99. The van der Waals surface area contributed by atoms with Crippen molar-refractivity contribution >= 4 is 11.9 Å². The Morgan fingerprint density at radius 1 is 1.03 bits per heavy atom. The SMILES string of the molecule is CCNC(=NCC(c1cccc(OC)c1)N1CCCC1)NCCNC(=O)c1ccccc1. The summed E-state index contributed by atoms with van der Waals surface area (Å²) < 4.78 is 5.44. The van der Waals surface area contributed by atoms with E-state index in [0.29, 0.717) is 25.2 Å². The van der Waals surface area contributed by atoms with Gasteiger partial charge in [0.1, 0.15) is 5.75 Å². The molecule has 1 unspecified atom stereocenters. The number of methoxy groups -OCH3 is 1. The Kier molecular flexibility index (Phi) is 9.37. The minimum absolute atomic E-state index is 0.0681. The first kappa shape index (κ1) is 23.6. The normalized spacial score (nSPS) is 15.2. The van der Waals surface area contributed by atoms with Gasteiger partial charge in [-0.25, -0.2) is 0 Å². The van der Waals surface area contributed by atoms with Crippen LogP contribution >= 0.6 is 0 Å². The van der Waals surface area contributed by atoms with Crippen LogP contribution in [-0.2, 0) is 0 Å². The highest BCUT2D eigenvalue weighted by molar-refractivity contribution is 5.94. The summed E-state index contributed by atoms with van der Waals surface area (Å²) in [4.78, 5) is 19.6. The second kappa shape index (κ2) is 12.7. The maximum Gasteiger partial charge on any atom is 0.251 e. The highest BCUT2D eigenvalue weighted by atomic mass is 16.5. The van der Waals surface area contributed by atoms with Gasteiger partial charge in [0.05, 0.1) is 19.7 Å². The van der Waals surface area contributed by atoms with E-state index in [1.165, 1.54) is 18.4 Å². The molecule has 3 N–H and O–H groups in total. The fraction of sp³-hybridized carbons (Fsp3) is 0.440. The molecule has 1 atom stereocenters. The summed E-state index contributed by atoms with van der Waals surface area (Å²) in [6, 6.07) is 17.7. The highest BCUT2D eigenvalue weighted by Gasteiger charge is 2.23. The van der Waals surface area contributed by atoms with Crippen molar-refractivity contribution in [1.29, 1.82) is 0 Å². The molecule has 2 aromatic carbocycles. The Balaban J connectivity index is 1.58. The van der Waals surface area contributed by atoms with E-state index in [1.807, 2.05) is 49.4 Å². The number of carbonyl (C=O) groups excluding carboxylic acids is 1. The molecule has 0 aromatic heterocycles. The Bertz CT molecular complexity index is 866. The zero-order valence-corrected chi connectivity index (χ0v) is 19.1. The molecule has 0 saturated carbocycles. The van der Waals surface area contributed by atoms with Crippen LogP contribution in [0.4, 0.5) is 0 Å². The summed E-state index contributed by atoms with van der Waals surface area (Å²) in [5.74, 6) is 1.56. The predicted octanol–water partition coefficient (Wildman–Crippen LogP) is 2.82. The fourth-order valence-electron chi connectivity index (χ4n) is 3.90. The highest BCUT2D eigenvalue weighted by Crippen LogP contribution is 2.27. The van der Waals surface area contributed by atoms with Gasteiger partial charge in [0.15, 0.2) is 5.96 Å². The van der Waals surface area contributed by atoms with Gasteiger partial charge < -0.3 is 20.7 Å². The zero-order chi connectivity index (χ0) is 22.6. The smallest absolute Gasteiger partial charge is 0.251 e. The summed E-state index contributed by atoms with van der Waals surface area (Å²) >= 11 is 0. The van der Waals surface area contributed by atoms with Crippen molar-refractivity contribution in [2.24, 2.45) is 4.99 Å². The molecule has 0 aliphatic carbocycles. The number of likely N-dealkylation sites (tertiary alicyclic amines) is 1. The second-order valence-electron chi connectivity index (χ2n) is 7.80. The van der Waals surface area contributed by atoms with Crippen molar-refractivity contribution in [2.45, 2.75) is 25.8 Å². The number of guanidine groups is 1. The lowest BCUT2D eigenvalue weighted by Gasteiger charge is -2.27. The minimum Gasteiger partial charge on any atom is -0.497 e. The van der Waals surface area contributed by atoms with Gasteiger partial charge in [0.25, 0.3) is 5.91 Å². The lowest BCUT2D eigenvalue weighted by atomic mass is 10.1. The summed E-state index contributed by atoms with van der Waals surface area (Å²) in [5, 5.41) is 9.57. The minimum atomic E-state index is -0.0681. The van der Waals surface area contributed by atoms with Crippen LogP contribution in [0, 0.1) is 0 Å². The number of rotatable bonds is 10. The van der Waals surface area contributed by atoms with Gasteiger partial charge in [0, 0.05) is 25.2 Å². The van der Waals surface area contributed by atoms with Crippen molar-refractivity contribution in [2.75, 3.05) is 46.4 Å². The van der Waals surface area contributed by atoms with Gasteiger partial charge in [-0.05, 0) is 62.7 Å². The Morgan fingerprint density at radius 2 is 1.78 bits per heavy atom. The molecule has 2 aromatic rings. The van der Waals surface area contributed by atoms with E-state index in [1.54, 1.807) is 7.11 Å². The van der Waals surface area contributed by atoms with Gasteiger partial charge in [-0.3, -0.25) is 14.7 Å². The lowest BCUT2D eigenvalue weighted by molar-refractivity contribution is 0.0954. The predicted molar refractivity (Wildman–Crippen MR) is 129 cm³/mol. The molecule has 1 saturated heterocycles. The third-order valence-corrected chi connectivity index (χ3v) is 5.57. The molecule has 32 heavy (non-hydrogen) atoms. The molecule has 1 aliphatic rings. The monoisotopic (exact) mass is 437 g/mol. The van der Waals surface area contributed by atoms with Crippen LogP contribution in [0.3, 0.4) is 0 Å². The van der Waals surface area contributed by atoms with E-state index >= 15 is 0 Å². The molecular formula is C25H35N5O2. The molecule has 7 nitrogen and oxygen atoms in total. The first-order valence-electron chi connectivity index (χ1n) is 11.4. The zero-order valence-electron chi connectivity index (χ0n) is 19.1. The first-order valence-corrected chi connectivity index (χ1v) is 11.4. The standard InChI is InChI=1S/C25H35N5O2/c1-3-26-25(28-15-14-27-24(31)20-10-5-4-6-11-20)29-19-23(30-16-7-8-17-30)21-12-9-13-22(18-21)32-2/h4-6,9-13,18,23H,3,7-8,14-17,19H2,1-2H3,(H,27,31)(H2,26,28,29). The number of benzene rings is 2. The number of nitrogens with zero attached hydrogens (tertiary/aromatic N) is 2. The van der Waals surface area contributed by atoms with Gasteiger partial charge in [-0.1, -0.05) is 30.3 Å². The molecule has 1 aliphatic heterocycles. The summed E-state index contributed by atoms with van der Waals surface area (Å²) in [5.41, 5.74) is 1.89. The molecule has 0 radical (unpaired) electrons. The quantitative estimate of drug-likeness (QED) is 0.303. The summed E-state index contributed by atoms with van der Waals surface area (Å²) in [6.07, 6.45) is 2.45. The molecule has 1 amide bonds. The molecule has 0 bridgehead atoms. The largest absolute Gasteiger partial charge is 0.497 e. The van der Waals surface area contributed by atoms with Gasteiger partial charge in [0.2, 0.25) is 0 Å². The Labute approximate surface area is 191 Å². The first-order chi connectivity index (χ1) is 15.7. The maximum atomic E-state index is 12.2. The number of amides is 1. The molecule has 0 spiro atoms. The van der Waals surface area contributed by atoms with E-state index < -0.39 is 0 Å². The maximum absolute atomic E-state index is 12.2. The van der Waals surface area contributed by atoms with Crippen LogP contribution in [-0.4, -0.2) is 63.1 Å². The van der Waals surface area contributed by atoms with Crippen LogP contribution in [0.1, 0.15) is 41.7 Å². The average Bonchev–Trinajstić information content (AvgIpc) is 3.37. The van der Waals surface area contributed by atoms with Gasteiger partial charge in [-0.2, -0.15) is 0 Å². The number of ether oxygens (including phenoxy) is 1. The average molecular weight is 438 g/mol. The van der Waals surface area contributed by atoms with Crippen LogP contribution in [0.5, 0.6) is 5.75 Å². The molecule has 1 fully saturated rings. The lowest BCUT2D eigenvalue weighted by Crippen LogP contribution is -2.42. The molecular weight excluding hydrogens is 402 g/mol.